The number of halogens is 1. The summed E-state index contributed by atoms with van der Waals surface area (Å²) in [5.74, 6) is 1.53. The van der Waals surface area contributed by atoms with Gasteiger partial charge in [0.1, 0.15) is 16.3 Å². The van der Waals surface area contributed by atoms with Crippen LogP contribution in [0, 0.1) is 11.3 Å². The fourth-order valence-corrected chi connectivity index (χ4v) is 2.32. The fourth-order valence-electron chi connectivity index (χ4n) is 1.55. The second-order valence-corrected chi connectivity index (χ2v) is 4.45. The lowest BCUT2D eigenvalue weighted by molar-refractivity contribution is 0.384. The maximum absolute atomic E-state index is 9.05. The Labute approximate surface area is 104 Å². The highest BCUT2D eigenvalue weighted by atomic mass is 79.9. The third kappa shape index (κ3) is 2.14. The maximum atomic E-state index is 9.05. The molecule has 16 heavy (non-hydrogen) atoms. The molecule has 0 aliphatic heterocycles. The van der Waals surface area contributed by atoms with Gasteiger partial charge in [0, 0.05) is 0 Å². The van der Waals surface area contributed by atoms with Crippen molar-refractivity contribution >= 4 is 15.9 Å². The van der Waals surface area contributed by atoms with Crippen molar-refractivity contribution in [3.05, 3.63) is 21.7 Å². The molecule has 0 aliphatic carbocycles. The van der Waals surface area contributed by atoms with E-state index >= 15 is 0 Å². The van der Waals surface area contributed by atoms with Crippen LogP contribution in [0.4, 0.5) is 0 Å². The lowest BCUT2D eigenvalue weighted by Crippen LogP contribution is -2.00. The van der Waals surface area contributed by atoms with Crippen molar-refractivity contribution in [2.45, 2.75) is 19.8 Å². The van der Waals surface area contributed by atoms with Gasteiger partial charge in [0.05, 0.1) is 19.8 Å². The standard InChI is InChI=1S/C12H14BrNO2/c1-7(2)9-5-8(6-14)11(15-3)10(13)12(9)16-4/h5,7H,1-4H3. The van der Waals surface area contributed by atoms with Crippen LogP contribution in [0.3, 0.4) is 0 Å². The van der Waals surface area contributed by atoms with Gasteiger partial charge in [-0.2, -0.15) is 5.26 Å². The highest BCUT2D eigenvalue weighted by molar-refractivity contribution is 9.10. The van der Waals surface area contributed by atoms with E-state index < -0.39 is 0 Å². The van der Waals surface area contributed by atoms with Gasteiger partial charge in [0.25, 0.3) is 0 Å². The molecule has 0 aromatic heterocycles. The number of benzene rings is 1. The van der Waals surface area contributed by atoms with Gasteiger partial charge in [-0.15, -0.1) is 0 Å². The number of ether oxygens (including phenoxy) is 2. The summed E-state index contributed by atoms with van der Waals surface area (Å²) in [7, 11) is 3.15. The Balaban J connectivity index is 3.56. The summed E-state index contributed by atoms with van der Waals surface area (Å²) in [5.41, 5.74) is 1.51. The molecule has 1 aromatic carbocycles. The quantitative estimate of drug-likeness (QED) is 0.853. The molecular weight excluding hydrogens is 270 g/mol. The Kier molecular flexibility index (Phi) is 4.19. The van der Waals surface area contributed by atoms with E-state index in [4.69, 9.17) is 14.7 Å². The van der Waals surface area contributed by atoms with Crippen molar-refractivity contribution in [2.75, 3.05) is 14.2 Å². The van der Waals surface area contributed by atoms with Crippen molar-refractivity contribution < 1.29 is 9.47 Å². The maximum Gasteiger partial charge on any atom is 0.154 e. The van der Waals surface area contributed by atoms with Crippen LogP contribution >= 0.6 is 15.9 Å². The summed E-state index contributed by atoms with van der Waals surface area (Å²) in [6.45, 7) is 4.11. The Bertz CT molecular complexity index is 436. The second-order valence-electron chi connectivity index (χ2n) is 3.66. The molecule has 0 spiro atoms. The zero-order chi connectivity index (χ0) is 12.3. The minimum atomic E-state index is 0.282. The number of nitrogens with zero attached hydrogens (tertiary/aromatic N) is 1. The molecule has 0 amide bonds. The van der Waals surface area contributed by atoms with Crippen LogP contribution in [0.15, 0.2) is 10.5 Å². The van der Waals surface area contributed by atoms with Crippen LogP contribution in [0.1, 0.15) is 30.9 Å². The number of hydrogen-bond acceptors (Lipinski definition) is 3. The molecule has 0 fully saturated rings. The normalized spacial score (nSPS) is 10.1. The first-order valence-corrected chi connectivity index (χ1v) is 5.70. The summed E-state index contributed by atoms with van der Waals surface area (Å²) in [5, 5.41) is 9.05. The molecule has 0 atom stereocenters. The lowest BCUT2D eigenvalue weighted by Gasteiger charge is -2.16. The van der Waals surface area contributed by atoms with Crippen LogP contribution in [0.25, 0.3) is 0 Å². The second kappa shape index (κ2) is 5.22. The smallest absolute Gasteiger partial charge is 0.154 e. The Hall–Kier alpha value is -1.21. The van der Waals surface area contributed by atoms with Gasteiger partial charge in [0.15, 0.2) is 5.75 Å². The number of methoxy groups -OCH3 is 2. The highest BCUT2D eigenvalue weighted by Gasteiger charge is 2.19. The summed E-state index contributed by atoms with van der Waals surface area (Å²) in [4.78, 5) is 0. The van der Waals surface area contributed by atoms with E-state index in [1.807, 2.05) is 6.07 Å². The van der Waals surface area contributed by atoms with E-state index in [2.05, 4.69) is 35.8 Å². The molecule has 0 aliphatic rings. The summed E-state index contributed by atoms with van der Waals surface area (Å²) in [6, 6.07) is 3.94. The molecule has 4 heteroatoms. The van der Waals surface area contributed by atoms with E-state index in [1.54, 1.807) is 7.11 Å². The lowest BCUT2D eigenvalue weighted by atomic mass is 9.99. The molecule has 3 nitrogen and oxygen atoms in total. The van der Waals surface area contributed by atoms with Gasteiger partial charge in [-0.3, -0.25) is 0 Å². The molecule has 86 valence electrons. The summed E-state index contributed by atoms with van der Waals surface area (Å²) >= 11 is 3.41. The average molecular weight is 284 g/mol. The molecule has 1 rings (SSSR count). The molecule has 0 unspecified atom stereocenters. The first-order valence-electron chi connectivity index (χ1n) is 4.91. The van der Waals surface area contributed by atoms with Crippen LogP contribution in [0.5, 0.6) is 11.5 Å². The molecule has 0 saturated carbocycles. The SMILES string of the molecule is COc1c(C#N)cc(C(C)C)c(OC)c1Br. The van der Waals surface area contributed by atoms with Crippen LogP contribution < -0.4 is 9.47 Å². The van der Waals surface area contributed by atoms with Crippen LogP contribution in [0.2, 0.25) is 0 Å². The molecular formula is C12H14BrNO2. The zero-order valence-electron chi connectivity index (χ0n) is 9.80. The Morgan fingerprint density at radius 2 is 1.81 bits per heavy atom. The predicted molar refractivity (Wildman–Crippen MR) is 66.1 cm³/mol. The van der Waals surface area contributed by atoms with Crippen molar-refractivity contribution in [1.29, 1.82) is 5.26 Å². The van der Waals surface area contributed by atoms with Gasteiger partial charge < -0.3 is 9.47 Å². The van der Waals surface area contributed by atoms with E-state index in [0.717, 1.165) is 11.3 Å². The molecule has 1 aromatic rings. The molecule has 0 heterocycles. The van der Waals surface area contributed by atoms with Crippen LogP contribution in [-0.2, 0) is 0 Å². The van der Waals surface area contributed by atoms with E-state index in [9.17, 15) is 0 Å². The zero-order valence-corrected chi connectivity index (χ0v) is 11.4. The minimum absolute atomic E-state index is 0.282. The third-order valence-electron chi connectivity index (χ3n) is 2.36. The van der Waals surface area contributed by atoms with Crippen molar-refractivity contribution in [3.63, 3.8) is 0 Å². The molecule has 0 saturated heterocycles. The van der Waals surface area contributed by atoms with Crippen molar-refractivity contribution in [1.82, 2.24) is 0 Å². The number of rotatable bonds is 3. The van der Waals surface area contributed by atoms with E-state index in [1.165, 1.54) is 7.11 Å². The van der Waals surface area contributed by atoms with Crippen molar-refractivity contribution in [2.24, 2.45) is 0 Å². The van der Waals surface area contributed by atoms with Crippen LogP contribution in [-0.4, -0.2) is 14.2 Å². The monoisotopic (exact) mass is 283 g/mol. The van der Waals surface area contributed by atoms with E-state index in [0.29, 0.717) is 15.8 Å². The molecule has 0 N–H and O–H groups in total. The average Bonchev–Trinajstić information content (AvgIpc) is 2.27. The number of nitriles is 1. The first kappa shape index (κ1) is 12.9. The van der Waals surface area contributed by atoms with Gasteiger partial charge in [-0.05, 0) is 33.5 Å². The van der Waals surface area contributed by atoms with E-state index in [-0.39, 0.29) is 5.92 Å². The topological polar surface area (TPSA) is 42.2 Å². The van der Waals surface area contributed by atoms with Gasteiger partial charge >= 0.3 is 0 Å². The largest absolute Gasteiger partial charge is 0.495 e. The predicted octanol–water partition coefficient (Wildman–Crippen LogP) is 3.46. The Morgan fingerprint density at radius 1 is 1.25 bits per heavy atom. The molecule has 0 bridgehead atoms. The van der Waals surface area contributed by atoms with Gasteiger partial charge in [-0.1, -0.05) is 13.8 Å². The third-order valence-corrected chi connectivity index (χ3v) is 3.08. The summed E-state index contributed by atoms with van der Waals surface area (Å²) in [6.07, 6.45) is 0. The van der Waals surface area contributed by atoms with Gasteiger partial charge in [0.2, 0.25) is 0 Å². The first-order chi connectivity index (χ1) is 7.56. The summed E-state index contributed by atoms with van der Waals surface area (Å²) < 4.78 is 11.2. The fraction of sp³-hybridized carbons (Fsp3) is 0.417. The molecule has 0 radical (unpaired) electrons. The highest BCUT2D eigenvalue weighted by Crippen LogP contribution is 2.42. The Morgan fingerprint density at radius 3 is 2.19 bits per heavy atom. The van der Waals surface area contributed by atoms with Crippen molar-refractivity contribution in [3.8, 4) is 17.6 Å². The van der Waals surface area contributed by atoms with Gasteiger partial charge in [-0.25, -0.2) is 0 Å². The minimum Gasteiger partial charge on any atom is -0.495 e. The number of hydrogen-bond donors (Lipinski definition) is 0.